The molecule has 0 aromatic heterocycles. The van der Waals surface area contributed by atoms with Gasteiger partial charge in [0.2, 0.25) is 0 Å². The van der Waals surface area contributed by atoms with E-state index >= 15 is 0 Å². The molecule has 12 heteroatoms. The van der Waals surface area contributed by atoms with Crippen molar-refractivity contribution in [3.8, 4) is 0 Å². The van der Waals surface area contributed by atoms with Gasteiger partial charge in [0, 0.05) is 61.8 Å². The number of azo groups is 2. The lowest BCUT2D eigenvalue weighted by molar-refractivity contribution is -0.385. The molecule has 42 heavy (non-hydrogen) atoms. The highest BCUT2D eigenvalue weighted by Crippen LogP contribution is 2.29. The number of nitro groups is 2. The molecule has 0 N–H and O–H groups in total. The van der Waals surface area contributed by atoms with Crippen LogP contribution in [-0.4, -0.2) is 36.0 Å². The standard InChI is InChI=1S/C30H28N8O4/c1-21-19-27(37(39)40)11-13-29(21)33-31-23-3-7-25(8-4-23)35-15-17-36(18-16-35)26-9-5-24(6-10-26)32-34-30-14-12-28(38(41)42)20-22(30)2/h3-14,19-20H,15-18H2,1-2H3. The number of non-ortho nitro benzene ring substituents is 2. The van der Waals surface area contributed by atoms with Crippen molar-refractivity contribution in [2.45, 2.75) is 13.8 Å². The van der Waals surface area contributed by atoms with Crippen LogP contribution in [0.2, 0.25) is 0 Å². The lowest BCUT2D eigenvalue weighted by Crippen LogP contribution is -2.46. The van der Waals surface area contributed by atoms with Crippen LogP contribution in [0.4, 0.5) is 45.5 Å². The summed E-state index contributed by atoms with van der Waals surface area (Å²) in [6, 6.07) is 24.8. The van der Waals surface area contributed by atoms with Crippen molar-refractivity contribution in [3.05, 3.63) is 116 Å². The molecule has 1 heterocycles. The van der Waals surface area contributed by atoms with E-state index in [1.165, 1.54) is 24.3 Å². The molecular formula is C30H28N8O4. The molecule has 0 unspecified atom stereocenters. The SMILES string of the molecule is Cc1cc([N+](=O)[O-])ccc1N=Nc1ccc(N2CCN(c3ccc(N=Nc4ccc([N+](=O)[O-])cc4C)cc3)CC2)cc1. The van der Waals surface area contributed by atoms with Gasteiger partial charge in [0.25, 0.3) is 11.4 Å². The smallest absolute Gasteiger partial charge is 0.269 e. The molecule has 0 aliphatic carbocycles. The fourth-order valence-corrected chi connectivity index (χ4v) is 4.64. The summed E-state index contributed by atoms with van der Waals surface area (Å²) in [5, 5.41) is 38.9. The van der Waals surface area contributed by atoms with Crippen LogP contribution < -0.4 is 9.80 Å². The molecule has 5 rings (SSSR count). The van der Waals surface area contributed by atoms with Crippen LogP contribution in [-0.2, 0) is 0 Å². The lowest BCUT2D eigenvalue weighted by Gasteiger charge is -2.37. The van der Waals surface area contributed by atoms with Gasteiger partial charge < -0.3 is 9.80 Å². The summed E-state index contributed by atoms with van der Waals surface area (Å²) in [4.78, 5) is 25.7. The van der Waals surface area contributed by atoms with Gasteiger partial charge in [-0.25, -0.2) is 0 Å². The van der Waals surface area contributed by atoms with E-state index in [9.17, 15) is 20.2 Å². The number of nitro benzene ring substituents is 2. The number of rotatable bonds is 8. The van der Waals surface area contributed by atoms with Crippen LogP contribution in [0.15, 0.2) is 105 Å². The van der Waals surface area contributed by atoms with Gasteiger partial charge in [-0.1, -0.05) is 0 Å². The molecule has 0 atom stereocenters. The fourth-order valence-electron chi connectivity index (χ4n) is 4.64. The van der Waals surface area contributed by atoms with E-state index in [4.69, 9.17) is 0 Å². The maximum atomic E-state index is 10.9. The Hall–Kier alpha value is -5.52. The van der Waals surface area contributed by atoms with Crippen LogP contribution in [0.25, 0.3) is 0 Å². The third-order valence-electron chi connectivity index (χ3n) is 7.04. The van der Waals surface area contributed by atoms with Crippen molar-refractivity contribution in [2.75, 3.05) is 36.0 Å². The highest BCUT2D eigenvalue weighted by Gasteiger charge is 2.18. The first-order chi connectivity index (χ1) is 20.3. The van der Waals surface area contributed by atoms with Crippen molar-refractivity contribution in [3.63, 3.8) is 0 Å². The fraction of sp³-hybridized carbons (Fsp3) is 0.200. The average molecular weight is 565 g/mol. The van der Waals surface area contributed by atoms with E-state index in [2.05, 4.69) is 30.3 Å². The minimum absolute atomic E-state index is 0.0336. The Balaban J connectivity index is 1.14. The monoisotopic (exact) mass is 564 g/mol. The van der Waals surface area contributed by atoms with Crippen LogP contribution in [0.3, 0.4) is 0 Å². The molecule has 1 saturated heterocycles. The summed E-state index contributed by atoms with van der Waals surface area (Å²) in [7, 11) is 0. The molecular weight excluding hydrogens is 536 g/mol. The number of anilines is 2. The van der Waals surface area contributed by atoms with Crippen molar-refractivity contribution in [2.24, 2.45) is 20.5 Å². The number of hydrogen-bond donors (Lipinski definition) is 0. The van der Waals surface area contributed by atoms with Gasteiger partial charge in [-0.3, -0.25) is 20.2 Å². The Kier molecular flexibility index (Phi) is 8.23. The molecule has 0 bridgehead atoms. The van der Waals surface area contributed by atoms with Gasteiger partial charge in [0.15, 0.2) is 0 Å². The normalized spacial score (nSPS) is 13.7. The second-order valence-corrected chi connectivity index (χ2v) is 9.86. The zero-order chi connectivity index (χ0) is 29.6. The summed E-state index contributed by atoms with van der Waals surface area (Å²) >= 11 is 0. The number of aryl methyl sites for hydroxylation is 2. The van der Waals surface area contributed by atoms with Gasteiger partial charge in [-0.15, -0.1) is 0 Å². The zero-order valence-electron chi connectivity index (χ0n) is 23.1. The van der Waals surface area contributed by atoms with Crippen LogP contribution in [0, 0.1) is 34.1 Å². The third kappa shape index (κ3) is 6.61. The Bertz CT molecular complexity index is 1540. The predicted octanol–water partition coefficient (Wildman–Crippen LogP) is 8.28. The van der Waals surface area contributed by atoms with Gasteiger partial charge in [-0.05, 0) is 85.6 Å². The van der Waals surface area contributed by atoms with E-state index in [0.717, 1.165) is 37.6 Å². The molecule has 212 valence electrons. The third-order valence-corrected chi connectivity index (χ3v) is 7.04. The van der Waals surface area contributed by atoms with Crippen molar-refractivity contribution in [1.29, 1.82) is 0 Å². The van der Waals surface area contributed by atoms with Gasteiger partial charge in [-0.2, -0.15) is 20.5 Å². The van der Waals surface area contributed by atoms with Gasteiger partial charge in [0.05, 0.1) is 32.6 Å². The second-order valence-electron chi connectivity index (χ2n) is 9.86. The second kappa shape index (κ2) is 12.3. The molecule has 12 nitrogen and oxygen atoms in total. The molecule has 1 fully saturated rings. The van der Waals surface area contributed by atoms with E-state index in [1.54, 1.807) is 26.0 Å². The van der Waals surface area contributed by atoms with Crippen molar-refractivity contribution >= 4 is 45.5 Å². The van der Waals surface area contributed by atoms with Gasteiger partial charge >= 0.3 is 0 Å². The van der Waals surface area contributed by atoms with Gasteiger partial charge in [0.1, 0.15) is 0 Å². The quantitative estimate of drug-likeness (QED) is 0.120. The Morgan fingerprint density at radius 1 is 0.548 bits per heavy atom. The van der Waals surface area contributed by atoms with Crippen LogP contribution in [0.5, 0.6) is 0 Å². The summed E-state index contributed by atoms with van der Waals surface area (Å²) < 4.78 is 0. The highest BCUT2D eigenvalue weighted by atomic mass is 16.6. The Morgan fingerprint density at radius 3 is 1.21 bits per heavy atom. The maximum absolute atomic E-state index is 10.9. The first-order valence-electron chi connectivity index (χ1n) is 13.3. The molecule has 1 aliphatic rings. The maximum Gasteiger partial charge on any atom is 0.269 e. The number of benzene rings is 4. The molecule has 0 spiro atoms. The first kappa shape index (κ1) is 28.0. The lowest BCUT2D eigenvalue weighted by atomic mass is 10.2. The van der Waals surface area contributed by atoms with E-state index in [1.807, 2.05) is 48.5 Å². The summed E-state index contributed by atoms with van der Waals surface area (Å²) in [6.07, 6.45) is 0. The zero-order valence-corrected chi connectivity index (χ0v) is 23.1. The van der Waals surface area contributed by atoms with E-state index in [-0.39, 0.29) is 11.4 Å². The molecule has 0 radical (unpaired) electrons. The number of nitrogens with zero attached hydrogens (tertiary/aromatic N) is 8. The number of piperazine rings is 1. The van der Waals surface area contributed by atoms with Crippen LogP contribution >= 0.6 is 0 Å². The molecule has 4 aromatic carbocycles. The topological polar surface area (TPSA) is 142 Å². The minimum atomic E-state index is -0.426. The van der Waals surface area contributed by atoms with Crippen LogP contribution in [0.1, 0.15) is 11.1 Å². The van der Waals surface area contributed by atoms with Crippen molar-refractivity contribution < 1.29 is 9.85 Å². The van der Waals surface area contributed by atoms with Crippen molar-refractivity contribution in [1.82, 2.24) is 0 Å². The molecule has 1 aliphatic heterocycles. The summed E-state index contributed by atoms with van der Waals surface area (Å²) in [6.45, 7) is 7.00. The average Bonchev–Trinajstić information content (AvgIpc) is 3.00. The largest absolute Gasteiger partial charge is 0.368 e. The summed E-state index contributed by atoms with van der Waals surface area (Å²) in [5.41, 5.74) is 6.27. The first-order valence-corrected chi connectivity index (χ1v) is 13.3. The highest BCUT2D eigenvalue weighted by molar-refractivity contribution is 5.58. The van der Waals surface area contributed by atoms with E-state index < -0.39 is 9.85 Å². The number of hydrogen-bond acceptors (Lipinski definition) is 10. The summed E-state index contributed by atoms with van der Waals surface area (Å²) in [5.74, 6) is 0. The molecule has 0 saturated carbocycles. The molecule has 0 amide bonds. The predicted molar refractivity (Wildman–Crippen MR) is 161 cm³/mol. The Morgan fingerprint density at radius 2 is 0.905 bits per heavy atom. The molecule has 4 aromatic rings. The minimum Gasteiger partial charge on any atom is -0.368 e. The van der Waals surface area contributed by atoms with E-state index in [0.29, 0.717) is 33.9 Å². The Labute approximate surface area is 242 Å².